The minimum absolute atomic E-state index is 0.875. The van der Waals surface area contributed by atoms with Crippen LogP contribution in [0.4, 0.5) is 17.1 Å². The first-order chi connectivity index (χ1) is 16.6. The Labute approximate surface area is 207 Å². The standard InChI is InChI=1S/C31H30N2S/c1-4-25-21-31(34-19-18-24(3)32-27-14-7-5-8-15-27)29(26-13-11-12-23(2)20-26)22-30(25)33-28-16-9-6-10-17-28/h4-17,20-22,32-33H,1,3,18-19H2,2H3. The lowest BCUT2D eigenvalue weighted by Gasteiger charge is -2.17. The highest BCUT2D eigenvalue weighted by molar-refractivity contribution is 7.99. The second-order valence-electron chi connectivity index (χ2n) is 8.19. The van der Waals surface area contributed by atoms with Gasteiger partial charge in [-0.25, -0.2) is 0 Å². The van der Waals surface area contributed by atoms with Gasteiger partial charge in [0.2, 0.25) is 0 Å². The van der Waals surface area contributed by atoms with Crippen LogP contribution in [0.2, 0.25) is 0 Å². The van der Waals surface area contributed by atoms with Crippen molar-refractivity contribution in [2.75, 3.05) is 16.4 Å². The summed E-state index contributed by atoms with van der Waals surface area (Å²) in [7, 11) is 0. The Bertz CT molecular complexity index is 1260. The van der Waals surface area contributed by atoms with E-state index in [0.717, 1.165) is 40.5 Å². The molecule has 4 rings (SSSR count). The highest BCUT2D eigenvalue weighted by Gasteiger charge is 2.12. The van der Waals surface area contributed by atoms with Crippen molar-refractivity contribution in [2.45, 2.75) is 18.2 Å². The zero-order valence-corrected chi connectivity index (χ0v) is 20.4. The molecule has 0 atom stereocenters. The minimum atomic E-state index is 0.875. The first-order valence-corrected chi connectivity index (χ1v) is 12.4. The molecule has 2 N–H and O–H groups in total. The summed E-state index contributed by atoms with van der Waals surface area (Å²) in [6.07, 6.45) is 2.80. The maximum Gasteiger partial charge on any atom is 0.0464 e. The van der Waals surface area contributed by atoms with Crippen molar-refractivity contribution in [3.05, 3.63) is 127 Å². The van der Waals surface area contributed by atoms with Gasteiger partial charge in [-0.3, -0.25) is 0 Å². The van der Waals surface area contributed by atoms with Crippen molar-refractivity contribution in [3.8, 4) is 11.1 Å². The summed E-state index contributed by atoms with van der Waals surface area (Å²) in [4.78, 5) is 1.24. The van der Waals surface area contributed by atoms with Gasteiger partial charge in [-0.1, -0.05) is 85.5 Å². The molecule has 0 aliphatic heterocycles. The second kappa shape index (κ2) is 11.4. The summed E-state index contributed by atoms with van der Waals surface area (Å²) in [5.41, 5.74) is 8.98. The number of hydrogen-bond acceptors (Lipinski definition) is 3. The molecule has 0 amide bonds. The van der Waals surface area contributed by atoms with E-state index in [1.165, 1.54) is 21.6 Å². The van der Waals surface area contributed by atoms with Gasteiger partial charge in [0.25, 0.3) is 0 Å². The molecule has 2 nitrogen and oxygen atoms in total. The van der Waals surface area contributed by atoms with Gasteiger partial charge in [0, 0.05) is 33.4 Å². The van der Waals surface area contributed by atoms with Gasteiger partial charge in [-0.05, 0) is 66.4 Å². The van der Waals surface area contributed by atoms with E-state index >= 15 is 0 Å². The Balaban J connectivity index is 1.58. The number of benzene rings is 4. The lowest BCUT2D eigenvalue weighted by atomic mass is 10.0. The quantitative estimate of drug-likeness (QED) is 0.230. The van der Waals surface area contributed by atoms with Crippen molar-refractivity contribution in [1.29, 1.82) is 0 Å². The van der Waals surface area contributed by atoms with Crippen LogP contribution in [0.3, 0.4) is 0 Å². The van der Waals surface area contributed by atoms with Crippen LogP contribution in [-0.4, -0.2) is 5.75 Å². The van der Waals surface area contributed by atoms with E-state index < -0.39 is 0 Å². The zero-order chi connectivity index (χ0) is 23.8. The lowest BCUT2D eigenvalue weighted by Crippen LogP contribution is -1.99. The van der Waals surface area contributed by atoms with Crippen LogP contribution in [0.1, 0.15) is 17.5 Å². The van der Waals surface area contributed by atoms with Gasteiger partial charge in [-0.2, -0.15) is 0 Å². The molecule has 0 spiro atoms. The largest absolute Gasteiger partial charge is 0.359 e. The molecule has 4 aromatic carbocycles. The number of rotatable bonds is 10. The fourth-order valence-corrected chi connectivity index (χ4v) is 4.89. The maximum atomic E-state index is 4.22. The fourth-order valence-electron chi connectivity index (χ4n) is 3.78. The van der Waals surface area contributed by atoms with E-state index in [9.17, 15) is 0 Å². The van der Waals surface area contributed by atoms with Gasteiger partial charge in [0.1, 0.15) is 0 Å². The monoisotopic (exact) mass is 462 g/mol. The van der Waals surface area contributed by atoms with E-state index in [0.29, 0.717) is 0 Å². The average Bonchev–Trinajstić information content (AvgIpc) is 2.85. The SMILES string of the molecule is C=Cc1cc(SCCC(=C)Nc2ccccc2)c(-c2cccc(C)c2)cc1Nc1ccccc1. The molecule has 0 saturated heterocycles. The zero-order valence-electron chi connectivity index (χ0n) is 19.6. The number of allylic oxidation sites excluding steroid dienone is 1. The molecule has 0 aromatic heterocycles. The Morgan fingerprint density at radius 3 is 2.24 bits per heavy atom. The third-order valence-corrected chi connectivity index (χ3v) is 6.57. The molecular weight excluding hydrogens is 432 g/mol. The highest BCUT2D eigenvalue weighted by Crippen LogP contribution is 2.38. The van der Waals surface area contributed by atoms with Crippen LogP contribution in [0.25, 0.3) is 17.2 Å². The summed E-state index contributed by atoms with van der Waals surface area (Å²) < 4.78 is 0. The molecule has 0 bridgehead atoms. The normalized spacial score (nSPS) is 10.5. The molecule has 0 unspecified atom stereocenters. The van der Waals surface area contributed by atoms with Crippen molar-refractivity contribution in [2.24, 2.45) is 0 Å². The summed E-state index contributed by atoms with van der Waals surface area (Å²) in [5, 5.41) is 6.98. The molecule has 0 aliphatic carbocycles. The summed E-state index contributed by atoms with van der Waals surface area (Å²) in [5.74, 6) is 0.930. The maximum absolute atomic E-state index is 4.22. The molecule has 0 radical (unpaired) electrons. The van der Waals surface area contributed by atoms with E-state index in [4.69, 9.17) is 0 Å². The smallest absolute Gasteiger partial charge is 0.0464 e. The van der Waals surface area contributed by atoms with Crippen LogP contribution in [0.5, 0.6) is 0 Å². The van der Waals surface area contributed by atoms with Crippen LogP contribution in [0.15, 0.2) is 121 Å². The van der Waals surface area contributed by atoms with Crippen LogP contribution in [-0.2, 0) is 0 Å². The van der Waals surface area contributed by atoms with Crippen LogP contribution >= 0.6 is 11.8 Å². The van der Waals surface area contributed by atoms with Crippen molar-refractivity contribution in [1.82, 2.24) is 0 Å². The lowest BCUT2D eigenvalue weighted by molar-refractivity contribution is 1.13. The van der Waals surface area contributed by atoms with Crippen LogP contribution < -0.4 is 10.6 Å². The first-order valence-electron chi connectivity index (χ1n) is 11.4. The summed E-state index contributed by atoms with van der Waals surface area (Å²) in [6.45, 7) is 10.4. The fraction of sp³-hybridized carbons (Fsp3) is 0.0968. The number of nitrogens with one attached hydrogen (secondary N) is 2. The van der Waals surface area contributed by atoms with Crippen molar-refractivity contribution >= 4 is 34.9 Å². The van der Waals surface area contributed by atoms with Crippen LogP contribution in [0, 0.1) is 6.92 Å². The third-order valence-electron chi connectivity index (χ3n) is 5.51. The van der Waals surface area contributed by atoms with Crippen molar-refractivity contribution < 1.29 is 0 Å². The number of thioether (sulfide) groups is 1. The van der Waals surface area contributed by atoms with Crippen molar-refractivity contribution in [3.63, 3.8) is 0 Å². The number of para-hydroxylation sites is 2. The topological polar surface area (TPSA) is 24.1 Å². The first kappa shape index (κ1) is 23.5. The summed E-state index contributed by atoms with van der Waals surface area (Å²) in [6, 6.07) is 33.6. The second-order valence-corrected chi connectivity index (χ2v) is 9.33. The van der Waals surface area contributed by atoms with E-state index in [1.807, 2.05) is 54.2 Å². The Hall–Kier alpha value is -3.69. The van der Waals surface area contributed by atoms with Gasteiger partial charge >= 0.3 is 0 Å². The van der Waals surface area contributed by atoms with Gasteiger partial charge in [0.15, 0.2) is 0 Å². The van der Waals surface area contributed by atoms with E-state index in [2.05, 4.69) is 91.4 Å². The average molecular weight is 463 g/mol. The molecule has 0 fully saturated rings. The minimum Gasteiger partial charge on any atom is -0.359 e. The molecule has 0 heterocycles. The van der Waals surface area contributed by atoms with E-state index in [1.54, 1.807) is 0 Å². The number of anilines is 3. The molecule has 3 heteroatoms. The van der Waals surface area contributed by atoms with Gasteiger partial charge in [0.05, 0.1) is 0 Å². The molecule has 0 aliphatic rings. The van der Waals surface area contributed by atoms with Gasteiger partial charge in [-0.15, -0.1) is 11.8 Å². The highest BCUT2D eigenvalue weighted by atomic mass is 32.2. The Morgan fingerprint density at radius 2 is 1.56 bits per heavy atom. The molecule has 4 aromatic rings. The van der Waals surface area contributed by atoms with Gasteiger partial charge < -0.3 is 10.6 Å². The Morgan fingerprint density at radius 1 is 0.853 bits per heavy atom. The number of aryl methyl sites for hydroxylation is 1. The molecular formula is C31H30N2S. The molecule has 170 valence electrons. The predicted molar refractivity (Wildman–Crippen MR) is 151 cm³/mol. The predicted octanol–water partition coefficient (Wildman–Crippen LogP) is 9.16. The number of hydrogen-bond donors (Lipinski definition) is 2. The third kappa shape index (κ3) is 6.21. The Kier molecular flexibility index (Phi) is 7.90. The summed E-state index contributed by atoms with van der Waals surface area (Å²) >= 11 is 1.85. The van der Waals surface area contributed by atoms with E-state index in [-0.39, 0.29) is 0 Å². The molecule has 34 heavy (non-hydrogen) atoms. The molecule has 0 saturated carbocycles.